The quantitative estimate of drug-likeness (QED) is 0.528. The maximum Gasteiger partial charge on any atom is 0.407 e. The number of rotatable bonds is 10. The molecule has 7 heteroatoms. The Morgan fingerprint density at radius 1 is 0.971 bits per heavy atom. The van der Waals surface area contributed by atoms with E-state index < -0.39 is 29.7 Å². The van der Waals surface area contributed by atoms with Crippen molar-refractivity contribution in [1.82, 2.24) is 10.6 Å². The Bertz CT molecular complexity index is 998. The Kier molecular flexibility index (Phi) is 8.67. The first-order valence-corrected chi connectivity index (χ1v) is 12.0. The number of carbonyl (C=O) groups excluding carboxylic acids is 3. The van der Waals surface area contributed by atoms with Gasteiger partial charge in [-0.05, 0) is 55.4 Å². The SMILES string of the molecule is CC(C)C[C@H](NC(=O)OCC1c2ccccc2-c2ccccc21)C(=O)N[C@H]([C]=O)COC(C)(C)C. The number of ether oxygens (including phenoxy) is 2. The summed E-state index contributed by atoms with van der Waals surface area (Å²) in [6.07, 6.45) is 1.51. The second kappa shape index (κ2) is 11.5. The highest BCUT2D eigenvalue weighted by molar-refractivity contribution is 5.87. The lowest BCUT2D eigenvalue weighted by molar-refractivity contribution is -0.124. The summed E-state index contributed by atoms with van der Waals surface area (Å²) < 4.78 is 11.2. The summed E-state index contributed by atoms with van der Waals surface area (Å²) in [6, 6.07) is 14.4. The number of fused-ring (bicyclic) bond motifs is 3. The fourth-order valence-corrected chi connectivity index (χ4v) is 4.20. The molecule has 1 radical (unpaired) electrons. The average molecular weight is 480 g/mol. The number of alkyl carbamates (subject to hydrolysis) is 1. The molecular weight excluding hydrogens is 444 g/mol. The van der Waals surface area contributed by atoms with Gasteiger partial charge in [-0.15, -0.1) is 0 Å². The lowest BCUT2D eigenvalue weighted by atomic mass is 9.98. The molecule has 35 heavy (non-hydrogen) atoms. The largest absolute Gasteiger partial charge is 0.449 e. The summed E-state index contributed by atoms with van der Waals surface area (Å²) in [5, 5.41) is 5.29. The zero-order chi connectivity index (χ0) is 25.6. The number of benzene rings is 2. The molecule has 2 aromatic carbocycles. The summed E-state index contributed by atoms with van der Waals surface area (Å²) in [5.41, 5.74) is 4.05. The highest BCUT2D eigenvalue weighted by Crippen LogP contribution is 2.44. The Balaban J connectivity index is 1.63. The van der Waals surface area contributed by atoms with E-state index in [1.54, 1.807) is 6.29 Å². The normalized spacial score (nSPS) is 14.6. The van der Waals surface area contributed by atoms with Gasteiger partial charge in [-0.2, -0.15) is 0 Å². The van der Waals surface area contributed by atoms with Gasteiger partial charge in [0.25, 0.3) is 0 Å². The maximum absolute atomic E-state index is 12.9. The molecule has 7 nitrogen and oxygen atoms in total. The third-order valence-corrected chi connectivity index (χ3v) is 5.80. The van der Waals surface area contributed by atoms with E-state index in [1.165, 1.54) is 0 Å². The summed E-state index contributed by atoms with van der Waals surface area (Å²) in [5.74, 6) is -0.420. The lowest BCUT2D eigenvalue weighted by Crippen LogP contribution is -2.52. The summed E-state index contributed by atoms with van der Waals surface area (Å²) in [6.45, 7) is 9.63. The molecule has 1 aliphatic carbocycles. The fourth-order valence-electron chi connectivity index (χ4n) is 4.20. The molecule has 187 valence electrons. The monoisotopic (exact) mass is 479 g/mol. The van der Waals surface area contributed by atoms with Crippen LogP contribution in [0.15, 0.2) is 48.5 Å². The Hall–Kier alpha value is -3.19. The minimum Gasteiger partial charge on any atom is -0.449 e. The van der Waals surface area contributed by atoms with Gasteiger partial charge in [-0.3, -0.25) is 9.59 Å². The molecule has 0 fully saturated rings. The van der Waals surface area contributed by atoms with Crippen molar-refractivity contribution >= 4 is 18.3 Å². The van der Waals surface area contributed by atoms with Crippen LogP contribution in [0.4, 0.5) is 4.79 Å². The van der Waals surface area contributed by atoms with Gasteiger partial charge in [-0.1, -0.05) is 62.4 Å². The van der Waals surface area contributed by atoms with E-state index >= 15 is 0 Å². The average Bonchev–Trinajstić information content (AvgIpc) is 3.12. The molecule has 2 atom stereocenters. The first kappa shape index (κ1) is 26.4. The Morgan fingerprint density at radius 2 is 1.54 bits per heavy atom. The van der Waals surface area contributed by atoms with E-state index in [0.717, 1.165) is 22.3 Å². The van der Waals surface area contributed by atoms with Crippen LogP contribution in [-0.2, 0) is 19.1 Å². The van der Waals surface area contributed by atoms with Gasteiger partial charge in [0.2, 0.25) is 12.2 Å². The first-order chi connectivity index (χ1) is 16.6. The predicted molar refractivity (Wildman–Crippen MR) is 135 cm³/mol. The van der Waals surface area contributed by atoms with Crippen molar-refractivity contribution < 1.29 is 23.9 Å². The van der Waals surface area contributed by atoms with Crippen LogP contribution in [0.1, 0.15) is 58.1 Å². The second-order valence-electron chi connectivity index (χ2n) is 10.3. The maximum atomic E-state index is 12.9. The van der Waals surface area contributed by atoms with Gasteiger partial charge in [0.15, 0.2) is 0 Å². The van der Waals surface area contributed by atoms with Crippen LogP contribution >= 0.6 is 0 Å². The molecular formula is C28H35N2O5. The molecule has 0 aromatic heterocycles. The molecule has 0 saturated carbocycles. The molecule has 0 bridgehead atoms. The smallest absolute Gasteiger partial charge is 0.407 e. The molecule has 0 unspecified atom stereocenters. The van der Waals surface area contributed by atoms with E-state index in [0.29, 0.717) is 6.42 Å². The molecule has 0 heterocycles. The summed E-state index contributed by atoms with van der Waals surface area (Å²) >= 11 is 0. The Morgan fingerprint density at radius 3 is 2.06 bits per heavy atom. The highest BCUT2D eigenvalue weighted by Gasteiger charge is 2.30. The van der Waals surface area contributed by atoms with Crippen LogP contribution in [0.2, 0.25) is 0 Å². The third-order valence-electron chi connectivity index (χ3n) is 5.80. The van der Waals surface area contributed by atoms with Gasteiger partial charge < -0.3 is 20.1 Å². The number of hydrogen-bond donors (Lipinski definition) is 2. The van der Waals surface area contributed by atoms with Gasteiger partial charge in [0, 0.05) is 5.92 Å². The minimum atomic E-state index is -0.930. The van der Waals surface area contributed by atoms with Crippen molar-refractivity contribution in [3.8, 4) is 11.1 Å². The second-order valence-corrected chi connectivity index (χ2v) is 10.3. The zero-order valence-electron chi connectivity index (χ0n) is 21.1. The number of carbonyl (C=O) groups is 2. The van der Waals surface area contributed by atoms with E-state index in [4.69, 9.17) is 9.47 Å². The predicted octanol–water partition coefficient (Wildman–Crippen LogP) is 4.35. The van der Waals surface area contributed by atoms with Crippen molar-refractivity contribution in [2.24, 2.45) is 5.92 Å². The summed E-state index contributed by atoms with van der Waals surface area (Å²) in [4.78, 5) is 36.9. The molecule has 1 aliphatic rings. The van der Waals surface area contributed by atoms with Crippen molar-refractivity contribution in [3.63, 3.8) is 0 Å². The Labute approximate surface area is 207 Å². The van der Waals surface area contributed by atoms with Gasteiger partial charge in [0.05, 0.1) is 12.2 Å². The van der Waals surface area contributed by atoms with Crippen LogP contribution < -0.4 is 10.6 Å². The van der Waals surface area contributed by atoms with Gasteiger partial charge >= 0.3 is 6.09 Å². The minimum absolute atomic E-state index is 0.00190. The fraction of sp³-hybridized carbons (Fsp3) is 0.464. The van der Waals surface area contributed by atoms with E-state index in [9.17, 15) is 14.4 Å². The topological polar surface area (TPSA) is 93.7 Å². The van der Waals surface area contributed by atoms with Gasteiger partial charge in [-0.25, -0.2) is 4.79 Å². The van der Waals surface area contributed by atoms with Crippen LogP contribution in [-0.4, -0.2) is 49.2 Å². The molecule has 0 aliphatic heterocycles. The standard InChI is InChI=1S/C28H35N2O5/c1-18(2)14-25(26(32)29-19(15-31)16-35-28(3,4)5)30-27(33)34-17-24-22-12-8-6-10-20(22)21-11-7-9-13-23(21)24/h6-13,18-19,24-25H,14,16-17H2,1-5H3,(H,29,32)(H,30,33)/t19-,25+/m1/s1. The van der Waals surface area contributed by atoms with Crippen LogP contribution in [0.5, 0.6) is 0 Å². The van der Waals surface area contributed by atoms with Crippen LogP contribution in [0.25, 0.3) is 11.1 Å². The van der Waals surface area contributed by atoms with Crippen molar-refractivity contribution in [2.45, 2.75) is 64.6 Å². The lowest BCUT2D eigenvalue weighted by Gasteiger charge is -2.25. The highest BCUT2D eigenvalue weighted by atomic mass is 16.5. The van der Waals surface area contributed by atoms with E-state index in [-0.39, 0.29) is 25.0 Å². The molecule has 2 aromatic rings. The third kappa shape index (κ3) is 7.15. The number of hydrogen-bond acceptors (Lipinski definition) is 5. The van der Waals surface area contributed by atoms with E-state index in [1.807, 2.05) is 71.0 Å². The van der Waals surface area contributed by atoms with Crippen molar-refractivity contribution in [1.29, 1.82) is 0 Å². The molecule has 0 spiro atoms. The first-order valence-electron chi connectivity index (χ1n) is 12.0. The summed E-state index contributed by atoms with van der Waals surface area (Å²) in [7, 11) is 0. The van der Waals surface area contributed by atoms with Crippen molar-refractivity contribution in [3.05, 3.63) is 59.7 Å². The van der Waals surface area contributed by atoms with Crippen LogP contribution in [0, 0.1) is 5.92 Å². The molecule has 2 N–H and O–H groups in total. The molecule has 2 amide bonds. The van der Waals surface area contributed by atoms with E-state index in [2.05, 4.69) is 22.8 Å². The zero-order valence-corrected chi connectivity index (χ0v) is 21.1. The number of amides is 2. The van der Waals surface area contributed by atoms with Crippen LogP contribution in [0.3, 0.4) is 0 Å². The van der Waals surface area contributed by atoms with Gasteiger partial charge in [0.1, 0.15) is 18.7 Å². The molecule has 3 rings (SSSR count). The number of nitrogens with one attached hydrogen (secondary N) is 2. The van der Waals surface area contributed by atoms with Crippen molar-refractivity contribution in [2.75, 3.05) is 13.2 Å². The molecule has 0 saturated heterocycles.